The molecule has 1 saturated carbocycles. The fraction of sp³-hybridized carbons (Fsp3) is 0.500. The molecule has 120 valence electrons. The van der Waals surface area contributed by atoms with Gasteiger partial charge in [0.25, 0.3) is 5.22 Å². The molecule has 1 unspecified atom stereocenters. The van der Waals surface area contributed by atoms with Gasteiger partial charge in [-0.15, -0.1) is 10.2 Å². The normalized spacial score (nSPS) is 16.9. The molecular weight excluding hydrogens is 306 g/mol. The Hall–Kier alpha value is -1.80. The molecule has 0 spiro atoms. The zero-order valence-electron chi connectivity index (χ0n) is 13.4. The van der Waals surface area contributed by atoms with Crippen molar-refractivity contribution in [2.45, 2.75) is 61.8 Å². The maximum atomic E-state index is 9.40. The van der Waals surface area contributed by atoms with Crippen molar-refractivity contribution in [1.29, 1.82) is 5.26 Å². The van der Waals surface area contributed by atoms with Crippen LogP contribution < -0.4 is 0 Å². The first-order chi connectivity index (χ1) is 11.2. The highest BCUT2D eigenvalue weighted by Gasteiger charge is 2.22. The number of aryl methyl sites for hydroxylation is 1. The molecule has 1 heterocycles. The molecule has 0 aliphatic heterocycles. The van der Waals surface area contributed by atoms with Gasteiger partial charge in [0.1, 0.15) is 5.25 Å². The molecule has 3 rings (SSSR count). The summed E-state index contributed by atoms with van der Waals surface area (Å²) in [7, 11) is 0. The van der Waals surface area contributed by atoms with E-state index in [2.05, 4.69) is 47.5 Å². The smallest absolute Gasteiger partial charge is 0.277 e. The van der Waals surface area contributed by atoms with Crippen molar-refractivity contribution in [3.63, 3.8) is 0 Å². The molecule has 1 aliphatic carbocycles. The highest BCUT2D eigenvalue weighted by molar-refractivity contribution is 7.99. The molecule has 2 aromatic rings. The van der Waals surface area contributed by atoms with Gasteiger partial charge in [-0.05, 0) is 43.5 Å². The maximum absolute atomic E-state index is 9.40. The molecule has 1 atom stereocenters. The quantitative estimate of drug-likeness (QED) is 0.748. The van der Waals surface area contributed by atoms with E-state index in [1.807, 2.05) is 0 Å². The van der Waals surface area contributed by atoms with E-state index in [1.165, 1.54) is 36.6 Å². The highest BCUT2D eigenvalue weighted by Crippen LogP contribution is 2.33. The van der Waals surface area contributed by atoms with Gasteiger partial charge in [-0.2, -0.15) is 5.26 Å². The van der Waals surface area contributed by atoms with E-state index >= 15 is 0 Å². The lowest BCUT2D eigenvalue weighted by Crippen LogP contribution is -2.04. The van der Waals surface area contributed by atoms with Crippen LogP contribution in [-0.4, -0.2) is 15.4 Å². The summed E-state index contributed by atoms with van der Waals surface area (Å²) in [6.07, 6.45) is 6.74. The molecule has 0 N–H and O–H groups in total. The van der Waals surface area contributed by atoms with Gasteiger partial charge in [0.05, 0.1) is 6.07 Å². The number of nitrogens with zero attached hydrogens (tertiary/aromatic N) is 3. The molecule has 0 bridgehead atoms. The van der Waals surface area contributed by atoms with Crippen molar-refractivity contribution in [1.82, 2.24) is 10.2 Å². The lowest BCUT2D eigenvalue weighted by Gasteiger charge is -2.17. The zero-order chi connectivity index (χ0) is 16.1. The summed E-state index contributed by atoms with van der Waals surface area (Å²) >= 11 is 1.37. The van der Waals surface area contributed by atoms with Crippen molar-refractivity contribution in [3.05, 3.63) is 41.3 Å². The number of thioether (sulfide) groups is 1. The third-order valence-corrected chi connectivity index (χ3v) is 5.23. The summed E-state index contributed by atoms with van der Waals surface area (Å²) in [4.78, 5) is 0. The number of aromatic nitrogens is 2. The Labute approximate surface area is 141 Å². The monoisotopic (exact) mass is 327 g/mol. The molecule has 1 aromatic heterocycles. The minimum absolute atomic E-state index is 0.211. The average molecular weight is 327 g/mol. The highest BCUT2D eigenvalue weighted by atomic mass is 32.2. The van der Waals surface area contributed by atoms with E-state index in [0.29, 0.717) is 17.6 Å². The summed E-state index contributed by atoms with van der Waals surface area (Å²) in [6.45, 7) is 2.06. The molecule has 4 nitrogen and oxygen atoms in total. The van der Waals surface area contributed by atoms with E-state index in [9.17, 15) is 5.26 Å². The Morgan fingerprint density at radius 1 is 1.22 bits per heavy atom. The molecule has 0 amide bonds. The SMILES string of the molecule is Cc1ccc(CC(C#N)Sc2nnc(C3CCCCC3)o2)cc1. The topological polar surface area (TPSA) is 62.7 Å². The molecule has 23 heavy (non-hydrogen) atoms. The molecule has 5 heteroatoms. The van der Waals surface area contributed by atoms with Gasteiger partial charge < -0.3 is 4.42 Å². The van der Waals surface area contributed by atoms with Crippen LogP contribution in [0.5, 0.6) is 0 Å². The summed E-state index contributed by atoms with van der Waals surface area (Å²) in [6, 6.07) is 10.6. The number of rotatable bonds is 5. The first kappa shape index (κ1) is 16.1. The van der Waals surface area contributed by atoms with Crippen molar-refractivity contribution < 1.29 is 4.42 Å². The van der Waals surface area contributed by atoms with Gasteiger partial charge in [0.15, 0.2) is 0 Å². The average Bonchev–Trinajstić information content (AvgIpc) is 3.05. The molecule has 1 fully saturated rings. The summed E-state index contributed by atoms with van der Waals surface area (Å²) < 4.78 is 5.80. The minimum atomic E-state index is -0.211. The van der Waals surface area contributed by atoms with Crippen LogP contribution in [0, 0.1) is 18.3 Å². The van der Waals surface area contributed by atoms with Crippen LogP contribution in [0.15, 0.2) is 33.9 Å². The molecule has 0 radical (unpaired) electrons. The van der Waals surface area contributed by atoms with Gasteiger partial charge in [-0.25, -0.2) is 0 Å². The Morgan fingerprint density at radius 3 is 2.65 bits per heavy atom. The van der Waals surface area contributed by atoms with Crippen molar-refractivity contribution >= 4 is 11.8 Å². The molecule has 0 saturated heterocycles. The van der Waals surface area contributed by atoms with Gasteiger partial charge >= 0.3 is 0 Å². The summed E-state index contributed by atoms with van der Waals surface area (Å²) in [5.74, 6) is 1.16. The molecular formula is C18H21N3OS. The van der Waals surface area contributed by atoms with Crippen LogP contribution in [0.3, 0.4) is 0 Å². The summed E-state index contributed by atoms with van der Waals surface area (Å²) in [5.41, 5.74) is 2.38. The molecule has 1 aromatic carbocycles. The van der Waals surface area contributed by atoms with Crippen molar-refractivity contribution in [3.8, 4) is 6.07 Å². The van der Waals surface area contributed by atoms with Crippen LogP contribution >= 0.6 is 11.8 Å². The fourth-order valence-corrected chi connectivity index (χ4v) is 3.75. The van der Waals surface area contributed by atoms with Crippen LogP contribution in [0.1, 0.15) is 55.0 Å². The van der Waals surface area contributed by atoms with Gasteiger partial charge in [0, 0.05) is 5.92 Å². The van der Waals surface area contributed by atoms with Crippen LogP contribution in [-0.2, 0) is 6.42 Å². The third-order valence-electron chi connectivity index (χ3n) is 4.31. The second kappa shape index (κ2) is 7.65. The zero-order valence-corrected chi connectivity index (χ0v) is 14.2. The standard InChI is InChI=1S/C18H21N3OS/c1-13-7-9-14(10-8-13)11-16(12-19)23-18-21-20-17(22-18)15-5-3-2-4-6-15/h7-10,15-16H,2-6,11H2,1H3. The van der Waals surface area contributed by atoms with Gasteiger partial charge in [-0.1, -0.05) is 49.1 Å². The largest absolute Gasteiger partial charge is 0.416 e. The van der Waals surface area contributed by atoms with Crippen LogP contribution in [0.4, 0.5) is 0 Å². The predicted molar refractivity (Wildman–Crippen MR) is 90.3 cm³/mol. The number of hydrogen-bond acceptors (Lipinski definition) is 5. The van der Waals surface area contributed by atoms with Crippen molar-refractivity contribution in [2.75, 3.05) is 0 Å². The van der Waals surface area contributed by atoms with E-state index in [1.54, 1.807) is 0 Å². The third kappa shape index (κ3) is 4.35. The van der Waals surface area contributed by atoms with Gasteiger partial charge in [-0.3, -0.25) is 0 Å². The number of benzene rings is 1. The van der Waals surface area contributed by atoms with Crippen LogP contribution in [0.25, 0.3) is 0 Å². The Morgan fingerprint density at radius 2 is 1.96 bits per heavy atom. The fourth-order valence-electron chi connectivity index (χ4n) is 2.96. The molecule has 1 aliphatic rings. The first-order valence-electron chi connectivity index (χ1n) is 8.20. The van der Waals surface area contributed by atoms with Gasteiger partial charge in [0.2, 0.25) is 5.89 Å². The maximum Gasteiger partial charge on any atom is 0.277 e. The van der Waals surface area contributed by atoms with E-state index in [0.717, 1.165) is 24.3 Å². The number of hydrogen-bond donors (Lipinski definition) is 0. The second-order valence-corrected chi connectivity index (χ2v) is 7.32. The number of nitriles is 1. The minimum Gasteiger partial charge on any atom is -0.416 e. The van der Waals surface area contributed by atoms with E-state index < -0.39 is 0 Å². The first-order valence-corrected chi connectivity index (χ1v) is 9.08. The van der Waals surface area contributed by atoms with Crippen molar-refractivity contribution in [2.24, 2.45) is 0 Å². The lowest BCUT2D eigenvalue weighted by molar-refractivity contribution is 0.334. The van der Waals surface area contributed by atoms with E-state index in [-0.39, 0.29) is 5.25 Å². The summed E-state index contributed by atoms with van der Waals surface area (Å²) in [5, 5.41) is 18.0. The second-order valence-electron chi connectivity index (χ2n) is 6.17. The predicted octanol–water partition coefficient (Wildman–Crippen LogP) is 4.65. The Bertz CT molecular complexity index is 668. The Kier molecular flexibility index (Phi) is 5.35. The Balaban J connectivity index is 1.61. The van der Waals surface area contributed by atoms with Crippen LogP contribution in [0.2, 0.25) is 0 Å². The lowest BCUT2D eigenvalue weighted by atomic mass is 9.89. The van der Waals surface area contributed by atoms with E-state index in [4.69, 9.17) is 4.42 Å².